The third kappa shape index (κ3) is 1.70. The average molecular weight is 268 g/mol. The molecule has 0 bridgehead atoms. The summed E-state index contributed by atoms with van der Waals surface area (Å²) in [6.07, 6.45) is 0.546. The van der Waals surface area contributed by atoms with Crippen LogP contribution in [0.4, 0.5) is 0 Å². The summed E-state index contributed by atoms with van der Waals surface area (Å²) in [6, 6.07) is 5.85. The number of hydrogen-bond donors (Lipinski definition) is 3. The Labute approximate surface area is 111 Å². The molecule has 20 heavy (non-hydrogen) atoms. The molecule has 3 heterocycles. The van der Waals surface area contributed by atoms with Crippen molar-refractivity contribution in [1.82, 2.24) is 51.2 Å². The summed E-state index contributed by atoms with van der Waals surface area (Å²) in [5.74, 6) is 1.60. The Kier molecular flexibility index (Phi) is 2.25. The first kappa shape index (κ1) is 10.7. The number of imidazole rings is 1. The van der Waals surface area contributed by atoms with Crippen molar-refractivity contribution in [3.63, 3.8) is 0 Å². The van der Waals surface area contributed by atoms with E-state index >= 15 is 0 Å². The summed E-state index contributed by atoms with van der Waals surface area (Å²) in [6.45, 7) is 0. The van der Waals surface area contributed by atoms with Crippen LogP contribution in [0, 0.1) is 0 Å². The van der Waals surface area contributed by atoms with Crippen LogP contribution in [0.1, 0.15) is 11.4 Å². The number of nitrogens with one attached hydrogen (secondary N) is 3. The highest BCUT2D eigenvalue weighted by Gasteiger charge is 2.13. The number of hydrogen-bond acceptors (Lipinski definition) is 7. The van der Waals surface area contributed by atoms with Gasteiger partial charge in [0.25, 0.3) is 0 Å². The fourth-order valence-corrected chi connectivity index (χ4v) is 2.03. The van der Waals surface area contributed by atoms with E-state index in [1.165, 1.54) is 0 Å². The lowest BCUT2D eigenvalue weighted by Crippen LogP contribution is -1.92. The molecule has 0 radical (unpaired) electrons. The van der Waals surface area contributed by atoms with E-state index in [1.807, 2.05) is 18.2 Å². The van der Waals surface area contributed by atoms with Crippen molar-refractivity contribution in [2.75, 3.05) is 0 Å². The Bertz CT molecular complexity index is 828. The number of nitrogens with zero attached hydrogens (tertiary/aromatic N) is 7. The topological polar surface area (TPSA) is 138 Å². The molecule has 0 saturated carbocycles. The molecule has 98 valence electrons. The van der Waals surface area contributed by atoms with Crippen LogP contribution >= 0.6 is 0 Å². The van der Waals surface area contributed by atoms with Crippen LogP contribution in [0.15, 0.2) is 18.2 Å². The zero-order valence-electron chi connectivity index (χ0n) is 10.1. The highest BCUT2D eigenvalue weighted by molar-refractivity contribution is 5.81. The average Bonchev–Trinajstić information content (AvgIpc) is 3.20. The lowest BCUT2D eigenvalue weighted by atomic mass is 10.1. The second kappa shape index (κ2) is 4.19. The van der Waals surface area contributed by atoms with E-state index in [4.69, 9.17) is 0 Å². The van der Waals surface area contributed by atoms with Crippen LogP contribution in [-0.2, 0) is 6.42 Å². The molecule has 0 aliphatic rings. The number of fused-ring (bicyclic) bond motifs is 1. The number of H-pyrrole nitrogens is 3. The molecule has 1 aromatic carbocycles. The van der Waals surface area contributed by atoms with Gasteiger partial charge in [-0.3, -0.25) is 0 Å². The molecule has 10 nitrogen and oxygen atoms in total. The fraction of sp³-hybridized carbons (Fsp3) is 0.100. The molecular formula is C10H8N10. The third-order valence-corrected chi connectivity index (χ3v) is 2.89. The van der Waals surface area contributed by atoms with E-state index < -0.39 is 0 Å². The largest absolute Gasteiger partial charge is 0.335 e. The van der Waals surface area contributed by atoms with Crippen molar-refractivity contribution in [3.05, 3.63) is 29.6 Å². The van der Waals surface area contributed by atoms with Crippen molar-refractivity contribution >= 4 is 11.0 Å². The summed E-state index contributed by atoms with van der Waals surface area (Å²) >= 11 is 0. The Balaban J connectivity index is 1.81. The summed E-state index contributed by atoms with van der Waals surface area (Å²) in [7, 11) is 0. The van der Waals surface area contributed by atoms with Gasteiger partial charge >= 0.3 is 0 Å². The fourth-order valence-electron chi connectivity index (χ4n) is 2.03. The van der Waals surface area contributed by atoms with Crippen LogP contribution in [-0.4, -0.2) is 51.2 Å². The minimum Gasteiger partial charge on any atom is -0.335 e. The molecule has 0 unspecified atom stereocenters. The number of benzene rings is 1. The number of rotatable bonds is 3. The Morgan fingerprint density at radius 2 is 1.90 bits per heavy atom. The molecular weight excluding hydrogens is 260 g/mol. The minimum atomic E-state index is 0.423. The molecule has 0 spiro atoms. The van der Waals surface area contributed by atoms with Crippen molar-refractivity contribution < 1.29 is 0 Å². The Hall–Kier alpha value is -3.17. The first-order valence-electron chi connectivity index (χ1n) is 5.84. The molecule has 0 amide bonds. The lowest BCUT2D eigenvalue weighted by molar-refractivity contribution is 0.881. The first-order valence-corrected chi connectivity index (χ1v) is 5.84. The number of aromatic nitrogens is 10. The van der Waals surface area contributed by atoms with E-state index in [2.05, 4.69) is 51.2 Å². The molecule has 10 heteroatoms. The summed E-state index contributed by atoms with van der Waals surface area (Å²) in [5.41, 5.74) is 2.72. The van der Waals surface area contributed by atoms with Gasteiger partial charge in [-0.2, -0.15) is 10.4 Å². The molecule has 0 aliphatic carbocycles. The van der Waals surface area contributed by atoms with Crippen LogP contribution in [0.3, 0.4) is 0 Å². The van der Waals surface area contributed by atoms with Gasteiger partial charge in [-0.05, 0) is 16.8 Å². The molecule has 0 saturated heterocycles. The highest BCUT2D eigenvalue weighted by Crippen LogP contribution is 2.21. The maximum atomic E-state index is 4.51. The molecule has 4 rings (SSSR count). The predicted octanol–water partition coefficient (Wildman–Crippen LogP) is -0.153. The minimum absolute atomic E-state index is 0.423. The zero-order chi connectivity index (χ0) is 13.4. The van der Waals surface area contributed by atoms with Crippen molar-refractivity contribution in [2.24, 2.45) is 0 Å². The number of aromatic amines is 3. The first-order chi connectivity index (χ1) is 9.90. The van der Waals surface area contributed by atoms with Gasteiger partial charge in [0, 0.05) is 6.42 Å². The summed E-state index contributed by atoms with van der Waals surface area (Å²) in [4.78, 5) is 7.67. The van der Waals surface area contributed by atoms with E-state index in [0.29, 0.717) is 23.9 Å². The highest BCUT2D eigenvalue weighted by atomic mass is 15.5. The van der Waals surface area contributed by atoms with E-state index in [0.717, 1.165) is 16.6 Å². The van der Waals surface area contributed by atoms with Gasteiger partial charge in [-0.25, -0.2) is 4.98 Å². The van der Waals surface area contributed by atoms with Crippen LogP contribution in [0.5, 0.6) is 0 Å². The molecule has 3 N–H and O–H groups in total. The molecule has 0 aliphatic heterocycles. The number of tetrazole rings is 2. The van der Waals surface area contributed by atoms with Gasteiger partial charge in [0.15, 0.2) is 11.6 Å². The third-order valence-electron chi connectivity index (χ3n) is 2.89. The van der Waals surface area contributed by atoms with Crippen LogP contribution in [0.25, 0.3) is 22.7 Å². The number of para-hydroxylation sites is 1. The smallest absolute Gasteiger partial charge is 0.239 e. The van der Waals surface area contributed by atoms with Gasteiger partial charge in [0.2, 0.25) is 5.82 Å². The SMILES string of the molecule is c1cc(Cc2nn[nH]n2)c2nc(-c3nn[nH]n3)[nH]c2c1. The lowest BCUT2D eigenvalue weighted by Gasteiger charge is -1.97. The van der Waals surface area contributed by atoms with Crippen LogP contribution < -0.4 is 0 Å². The summed E-state index contributed by atoms with van der Waals surface area (Å²) in [5, 5.41) is 27.6. The quantitative estimate of drug-likeness (QED) is 0.469. The van der Waals surface area contributed by atoms with Crippen LogP contribution in [0.2, 0.25) is 0 Å². The normalized spacial score (nSPS) is 11.2. The Morgan fingerprint density at radius 3 is 2.70 bits per heavy atom. The predicted molar refractivity (Wildman–Crippen MR) is 66.2 cm³/mol. The molecule has 3 aromatic heterocycles. The molecule has 0 atom stereocenters. The van der Waals surface area contributed by atoms with Crippen molar-refractivity contribution in [1.29, 1.82) is 0 Å². The standard InChI is InChI=1S/C10H8N10/c1-2-5(4-7-13-17-18-14-7)8-6(3-1)11-9(12-8)10-15-19-20-16-10/h1-3H,4H2,(H,11,12)(H,13,14,17,18)(H,15,16,19,20). The monoisotopic (exact) mass is 268 g/mol. The van der Waals surface area contributed by atoms with Crippen molar-refractivity contribution in [2.45, 2.75) is 6.42 Å². The van der Waals surface area contributed by atoms with E-state index in [1.54, 1.807) is 0 Å². The second-order valence-corrected chi connectivity index (χ2v) is 4.14. The molecule has 4 aromatic rings. The van der Waals surface area contributed by atoms with Gasteiger partial charge in [0.05, 0.1) is 11.0 Å². The molecule has 0 fully saturated rings. The second-order valence-electron chi connectivity index (χ2n) is 4.14. The maximum Gasteiger partial charge on any atom is 0.239 e. The van der Waals surface area contributed by atoms with Gasteiger partial charge < -0.3 is 4.98 Å². The zero-order valence-corrected chi connectivity index (χ0v) is 10.1. The van der Waals surface area contributed by atoms with E-state index in [-0.39, 0.29) is 0 Å². The Morgan fingerprint density at radius 1 is 1.00 bits per heavy atom. The van der Waals surface area contributed by atoms with E-state index in [9.17, 15) is 0 Å². The van der Waals surface area contributed by atoms with Crippen molar-refractivity contribution in [3.8, 4) is 11.6 Å². The van der Waals surface area contributed by atoms with Gasteiger partial charge in [-0.15, -0.1) is 20.4 Å². The van der Waals surface area contributed by atoms with Gasteiger partial charge in [0.1, 0.15) is 0 Å². The summed E-state index contributed by atoms with van der Waals surface area (Å²) < 4.78 is 0. The maximum absolute atomic E-state index is 4.51. The van der Waals surface area contributed by atoms with Gasteiger partial charge in [-0.1, -0.05) is 17.3 Å².